The minimum Gasteiger partial charge on any atom is -0.464 e. The molecule has 2 atom stereocenters. The maximum absolute atomic E-state index is 12.8. The summed E-state index contributed by atoms with van der Waals surface area (Å²) in [6.45, 7) is 1.97. The second-order valence-electron chi connectivity index (χ2n) is 6.76. The van der Waals surface area contributed by atoms with E-state index in [9.17, 15) is 9.59 Å². The van der Waals surface area contributed by atoms with Gasteiger partial charge in [-0.15, -0.1) is 0 Å². The quantitative estimate of drug-likeness (QED) is 0.700. The van der Waals surface area contributed by atoms with Crippen LogP contribution in [-0.2, 0) is 9.53 Å². The molecule has 0 aliphatic heterocycles. The van der Waals surface area contributed by atoms with Gasteiger partial charge in [0.15, 0.2) is 0 Å². The van der Waals surface area contributed by atoms with Gasteiger partial charge >= 0.3 is 5.97 Å². The zero-order chi connectivity index (χ0) is 18.3. The first-order valence-electron chi connectivity index (χ1n) is 8.65. The number of methoxy groups -OCH3 is 1. The van der Waals surface area contributed by atoms with Gasteiger partial charge in [0, 0.05) is 16.8 Å². The van der Waals surface area contributed by atoms with Crippen molar-refractivity contribution in [3.05, 3.63) is 65.4 Å². The Balaban J connectivity index is 1.63. The van der Waals surface area contributed by atoms with Gasteiger partial charge in [-0.25, -0.2) is 4.79 Å². The van der Waals surface area contributed by atoms with Crippen LogP contribution in [0.25, 0.3) is 10.9 Å². The lowest BCUT2D eigenvalue weighted by Crippen LogP contribution is -2.17. The van der Waals surface area contributed by atoms with Crippen molar-refractivity contribution in [2.45, 2.75) is 19.3 Å². The summed E-state index contributed by atoms with van der Waals surface area (Å²) in [7, 11) is 1.33. The summed E-state index contributed by atoms with van der Waals surface area (Å²) in [6, 6.07) is 15.8. The summed E-state index contributed by atoms with van der Waals surface area (Å²) in [5, 5.41) is 3.78. The number of aromatic amines is 1. The van der Waals surface area contributed by atoms with E-state index in [1.807, 2.05) is 55.5 Å². The molecule has 1 amide bonds. The number of esters is 1. The summed E-state index contributed by atoms with van der Waals surface area (Å²) in [5.74, 6) is -0.390. The molecule has 0 spiro atoms. The SMILES string of the molecule is COC(=O)c1[nH]c2ccc(C)cc2c1NC(=O)C1CC1c1ccccc1. The van der Waals surface area contributed by atoms with Gasteiger partial charge < -0.3 is 15.0 Å². The summed E-state index contributed by atoms with van der Waals surface area (Å²) >= 11 is 0. The van der Waals surface area contributed by atoms with E-state index in [2.05, 4.69) is 10.3 Å². The fourth-order valence-electron chi connectivity index (χ4n) is 3.46. The first-order chi connectivity index (χ1) is 12.6. The molecule has 1 aliphatic carbocycles. The van der Waals surface area contributed by atoms with Crippen LogP contribution in [0, 0.1) is 12.8 Å². The number of rotatable bonds is 4. The minimum absolute atomic E-state index is 0.0635. The molecule has 132 valence electrons. The molecule has 4 rings (SSSR count). The first-order valence-corrected chi connectivity index (χ1v) is 8.65. The molecule has 2 aromatic carbocycles. The van der Waals surface area contributed by atoms with E-state index in [1.165, 1.54) is 12.7 Å². The molecule has 2 unspecified atom stereocenters. The van der Waals surface area contributed by atoms with Crippen molar-refractivity contribution < 1.29 is 14.3 Å². The third-order valence-corrected chi connectivity index (χ3v) is 4.95. The highest BCUT2D eigenvalue weighted by Gasteiger charge is 2.44. The largest absolute Gasteiger partial charge is 0.464 e. The third-order valence-electron chi connectivity index (χ3n) is 4.95. The topological polar surface area (TPSA) is 71.2 Å². The van der Waals surface area contributed by atoms with E-state index in [0.717, 1.165) is 22.9 Å². The van der Waals surface area contributed by atoms with Gasteiger partial charge in [0.1, 0.15) is 5.69 Å². The second-order valence-corrected chi connectivity index (χ2v) is 6.76. The summed E-state index contributed by atoms with van der Waals surface area (Å²) < 4.78 is 4.86. The van der Waals surface area contributed by atoms with Crippen molar-refractivity contribution in [2.75, 3.05) is 12.4 Å². The molecule has 5 nitrogen and oxygen atoms in total. The van der Waals surface area contributed by atoms with Crippen molar-refractivity contribution in [1.29, 1.82) is 0 Å². The third kappa shape index (κ3) is 2.86. The number of H-pyrrole nitrogens is 1. The Labute approximate surface area is 151 Å². The highest BCUT2D eigenvalue weighted by atomic mass is 16.5. The predicted octanol–water partition coefficient (Wildman–Crippen LogP) is 4.01. The Morgan fingerprint density at radius 2 is 1.92 bits per heavy atom. The average Bonchev–Trinajstić information content (AvgIpc) is 3.40. The first kappa shape index (κ1) is 16.4. The van der Waals surface area contributed by atoms with Crippen LogP contribution in [-0.4, -0.2) is 24.0 Å². The van der Waals surface area contributed by atoms with Gasteiger partial charge in [-0.1, -0.05) is 42.0 Å². The number of amides is 1. The van der Waals surface area contributed by atoms with Crippen molar-refractivity contribution in [3.63, 3.8) is 0 Å². The second kappa shape index (κ2) is 6.33. The number of nitrogens with one attached hydrogen (secondary N) is 2. The zero-order valence-electron chi connectivity index (χ0n) is 14.7. The lowest BCUT2D eigenvalue weighted by molar-refractivity contribution is -0.117. The summed E-state index contributed by atoms with van der Waals surface area (Å²) in [4.78, 5) is 28.0. The van der Waals surface area contributed by atoms with Crippen LogP contribution in [0.1, 0.15) is 34.0 Å². The van der Waals surface area contributed by atoms with Crippen molar-refractivity contribution in [2.24, 2.45) is 5.92 Å². The number of carbonyl (C=O) groups is 2. The van der Waals surface area contributed by atoms with Crippen LogP contribution < -0.4 is 5.32 Å². The smallest absolute Gasteiger partial charge is 0.356 e. The summed E-state index contributed by atoms with van der Waals surface area (Å²) in [5.41, 5.74) is 3.80. The van der Waals surface area contributed by atoms with Crippen LogP contribution in [0.5, 0.6) is 0 Å². The minimum atomic E-state index is -0.496. The van der Waals surface area contributed by atoms with E-state index >= 15 is 0 Å². The number of benzene rings is 2. The highest BCUT2D eigenvalue weighted by Crippen LogP contribution is 2.48. The lowest BCUT2D eigenvalue weighted by Gasteiger charge is -2.07. The molecular formula is C21H20N2O3. The van der Waals surface area contributed by atoms with E-state index in [-0.39, 0.29) is 23.4 Å². The Morgan fingerprint density at radius 1 is 1.15 bits per heavy atom. The van der Waals surface area contributed by atoms with Crippen LogP contribution >= 0.6 is 0 Å². The molecule has 1 saturated carbocycles. The van der Waals surface area contributed by atoms with E-state index in [4.69, 9.17) is 4.74 Å². The van der Waals surface area contributed by atoms with Gasteiger partial charge in [0.25, 0.3) is 0 Å². The van der Waals surface area contributed by atoms with Crippen molar-refractivity contribution in [3.8, 4) is 0 Å². The fourth-order valence-corrected chi connectivity index (χ4v) is 3.46. The Morgan fingerprint density at radius 3 is 2.65 bits per heavy atom. The van der Waals surface area contributed by atoms with Crippen molar-refractivity contribution in [1.82, 2.24) is 4.98 Å². The average molecular weight is 348 g/mol. The zero-order valence-corrected chi connectivity index (χ0v) is 14.7. The molecule has 2 N–H and O–H groups in total. The van der Waals surface area contributed by atoms with Gasteiger partial charge in [0.2, 0.25) is 5.91 Å². The standard InChI is InChI=1S/C21H20N2O3/c1-12-8-9-17-16(10-12)18(19(22-17)21(25)26-2)23-20(24)15-11-14(15)13-6-4-3-5-7-13/h3-10,14-15,22H,11H2,1-2H3,(H,23,24). The van der Waals surface area contributed by atoms with Crippen LogP contribution in [0.3, 0.4) is 0 Å². The number of anilines is 1. The molecule has 0 bridgehead atoms. The molecular weight excluding hydrogens is 328 g/mol. The van der Waals surface area contributed by atoms with E-state index < -0.39 is 5.97 Å². The number of carbonyl (C=O) groups excluding carboxylic acids is 2. The lowest BCUT2D eigenvalue weighted by atomic mass is 10.1. The molecule has 0 radical (unpaired) electrons. The van der Waals surface area contributed by atoms with E-state index in [1.54, 1.807) is 0 Å². The number of ether oxygens (including phenoxy) is 1. The normalized spacial score (nSPS) is 18.5. The molecule has 1 heterocycles. The number of aryl methyl sites for hydroxylation is 1. The number of aromatic nitrogens is 1. The molecule has 3 aromatic rings. The Kier molecular flexibility index (Phi) is 3.99. The monoisotopic (exact) mass is 348 g/mol. The molecule has 1 fully saturated rings. The molecule has 5 heteroatoms. The maximum Gasteiger partial charge on any atom is 0.356 e. The summed E-state index contributed by atoms with van der Waals surface area (Å²) in [6.07, 6.45) is 0.824. The number of hydrogen-bond acceptors (Lipinski definition) is 3. The number of hydrogen-bond donors (Lipinski definition) is 2. The molecule has 1 aliphatic rings. The van der Waals surface area contributed by atoms with E-state index in [0.29, 0.717) is 5.69 Å². The van der Waals surface area contributed by atoms with Gasteiger partial charge in [-0.2, -0.15) is 0 Å². The van der Waals surface area contributed by atoms with Gasteiger partial charge in [0.05, 0.1) is 12.8 Å². The predicted molar refractivity (Wildman–Crippen MR) is 100 cm³/mol. The van der Waals surface area contributed by atoms with Crippen LogP contribution in [0.15, 0.2) is 48.5 Å². The Bertz CT molecular complexity index is 991. The number of fused-ring (bicyclic) bond motifs is 1. The van der Waals surface area contributed by atoms with Crippen molar-refractivity contribution >= 4 is 28.5 Å². The van der Waals surface area contributed by atoms with Gasteiger partial charge in [-0.3, -0.25) is 4.79 Å². The fraction of sp³-hybridized carbons (Fsp3) is 0.238. The van der Waals surface area contributed by atoms with Crippen LogP contribution in [0.4, 0.5) is 5.69 Å². The van der Waals surface area contributed by atoms with Crippen LogP contribution in [0.2, 0.25) is 0 Å². The Hall–Kier alpha value is -3.08. The molecule has 26 heavy (non-hydrogen) atoms. The molecule has 1 aromatic heterocycles. The van der Waals surface area contributed by atoms with Gasteiger partial charge in [-0.05, 0) is 37.0 Å². The highest BCUT2D eigenvalue weighted by molar-refractivity contribution is 6.11. The maximum atomic E-state index is 12.8. The molecule has 0 saturated heterocycles.